The van der Waals surface area contributed by atoms with E-state index in [1.165, 1.54) is 0 Å². The van der Waals surface area contributed by atoms with Crippen LogP contribution in [0.15, 0.2) is 66.7 Å². The summed E-state index contributed by atoms with van der Waals surface area (Å²) in [5, 5.41) is 1.13. The SMILES string of the molecule is CN(C)CCOc1ccc(-c2c(Cl)cccc2Cl)cc1C=CC(=O)c1ccccc1CN(C)C. The van der Waals surface area contributed by atoms with Crippen LogP contribution in [0.1, 0.15) is 21.5 Å². The second-order valence-electron chi connectivity index (χ2n) is 8.59. The summed E-state index contributed by atoms with van der Waals surface area (Å²) in [6.07, 6.45) is 3.40. The molecule has 0 bridgehead atoms. The number of hydrogen-bond acceptors (Lipinski definition) is 4. The van der Waals surface area contributed by atoms with E-state index in [0.29, 0.717) is 34.5 Å². The van der Waals surface area contributed by atoms with E-state index < -0.39 is 0 Å². The lowest BCUT2D eigenvalue weighted by molar-refractivity contribution is 0.104. The molecule has 0 aliphatic heterocycles. The highest BCUT2D eigenvalue weighted by Gasteiger charge is 2.13. The van der Waals surface area contributed by atoms with Crippen molar-refractivity contribution in [2.24, 2.45) is 0 Å². The lowest BCUT2D eigenvalue weighted by Crippen LogP contribution is -2.19. The van der Waals surface area contributed by atoms with Gasteiger partial charge in [0.1, 0.15) is 12.4 Å². The maximum Gasteiger partial charge on any atom is 0.186 e. The standard InChI is InChI=1S/C28H30Cl2N2O2/c1-31(2)16-17-34-27-15-13-21(28-24(29)10-7-11-25(28)30)18-20(27)12-14-26(33)23-9-6-5-8-22(23)19-32(3)4/h5-15,18H,16-17,19H2,1-4H3. The van der Waals surface area contributed by atoms with Gasteiger partial charge in [0, 0.05) is 39.8 Å². The molecule has 0 unspecified atom stereocenters. The summed E-state index contributed by atoms with van der Waals surface area (Å²) < 4.78 is 6.04. The minimum absolute atomic E-state index is 0.0575. The molecular formula is C28H30Cl2N2O2. The Morgan fingerprint density at radius 2 is 1.62 bits per heavy atom. The first kappa shape index (κ1) is 26.0. The molecule has 4 nitrogen and oxygen atoms in total. The predicted molar refractivity (Wildman–Crippen MR) is 143 cm³/mol. The number of carbonyl (C=O) groups excluding carboxylic acids is 1. The molecule has 0 aromatic heterocycles. The van der Waals surface area contributed by atoms with Crippen molar-refractivity contribution in [3.8, 4) is 16.9 Å². The number of ether oxygens (including phenoxy) is 1. The van der Waals surface area contributed by atoms with E-state index in [2.05, 4.69) is 4.90 Å². The summed E-state index contributed by atoms with van der Waals surface area (Å²) in [7, 11) is 7.96. The predicted octanol–water partition coefficient (Wildman–Crippen LogP) is 6.56. The maximum atomic E-state index is 13.1. The Hall–Kier alpha value is -2.63. The minimum Gasteiger partial charge on any atom is -0.492 e. The molecule has 6 heteroatoms. The van der Waals surface area contributed by atoms with Crippen molar-refractivity contribution in [2.75, 3.05) is 41.3 Å². The van der Waals surface area contributed by atoms with E-state index in [4.69, 9.17) is 27.9 Å². The fraction of sp³-hybridized carbons (Fsp3) is 0.250. The number of halogens is 2. The van der Waals surface area contributed by atoms with E-state index >= 15 is 0 Å². The van der Waals surface area contributed by atoms with Crippen molar-refractivity contribution >= 4 is 35.1 Å². The van der Waals surface area contributed by atoms with Crippen LogP contribution < -0.4 is 4.74 Å². The highest BCUT2D eigenvalue weighted by Crippen LogP contribution is 2.37. The van der Waals surface area contributed by atoms with Crippen LogP contribution in [0.4, 0.5) is 0 Å². The quantitative estimate of drug-likeness (QED) is 0.235. The normalized spacial score (nSPS) is 11.5. The molecular weight excluding hydrogens is 467 g/mol. The summed E-state index contributed by atoms with van der Waals surface area (Å²) in [6, 6.07) is 18.9. The third kappa shape index (κ3) is 6.94. The number of benzene rings is 3. The fourth-order valence-electron chi connectivity index (χ4n) is 3.57. The molecule has 0 aliphatic rings. The molecule has 0 saturated heterocycles. The minimum atomic E-state index is -0.0575. The molecule has 0 heterocycles. The number of hydrogen-bond donors (Lipinski definition) is 0. The lowest BCUT2D eigenvalue weighted by Gasteiger charge is -2.15. The Morgan fingerprint density at radius 1 is 0.912 bits per heavy atom. The van der Waals surface area contributed by atoms with E-state index in [1.807, 2.05) is 93.8 Å². The van der Waals surface area contributed by atoms with Crippen molar-refractivity contribution in [3.05, 3.63) is 93.5 Å². The molecule has 0 spiro atoms. The number of nitrogens with zero attached hydrogens (tertiary/aromatic N) is 2. The highest BCUT2D eigenvalue weighted by molar-refractivity contribution is 6.39. The molecule has 178 valence electrons. The largest absolute Gasteiger partial charge is 0.492 e. The van der Waals surface area contributed by atoms with Crippen LogP contribution in [0.3, 0.4) is 0 Å². The van der Waals surface area contributed by atoms with Crippen LogP contribution in [0, 0.1) is 0 Å². The van der Waals surface area contributed by atoms with Gasteiger partial charge in [0.2, 0.25) is 0 Å². The first-order valence-corrected chi connectivity index (χ1v) is 11.8. The summed E-state index contributed by atoms with van der Waals surface area (Å²) in [4.78, 5) is 17.2. The number of allylic oxidation sites excluding steroid dienone is 1. The second-order valence-corrected chi connectivity index (χ2v) is 9.41. The van der Waals surface area contributed by atoms with Gasteiger partial charge in [0.05, 0.1) is 0 Å². The number of carbonyl (C=O) groups is 1. The highest BCUT2D eigenvalue weighted by atomic mass is 35.5. The van der Waals surface area contributed by atoms with E-state index in [-0.39, 0.29) is 5.78 Å². The third-order valence-electron chi connectivity index (χ3n) is 5.24. The molecule has 34 heavy (non-hydrogen) atoms. The Morgan fingerprint density at radius 3 is 2.29 bits per heavy atom. The van der Waals surface area contributed by atoms with Crippen molar-refractivity contribution < 1.29 is 9.53 Å². The van der Waals surface area contributed by atoms with Crippen LogP contribution in [-0.4, -0.2) is 56.9 Å². The van der Waals surface area contributed by atoms with Gasteiger partial charge in [-0.3, -0.25) is 4.79 Å². The molecule has 3 rings (SSSR count). The molecule has 0 N–H and O–H groups in total. The van der Waals surface area contributed by atoms with Gasteiger partial charge in [-0.15, -0.1) is 0 Å². The average Bonchev–Trinajstić information content (AvgIpc) is 2.78. The summed E-state index contributed by atoms with van der Waals surface area (Å²) in [6.45, 7) is 1.99. The molecule has 0 amide bonds. The fourth-order valence-corrected chi connectivity index (χ4v) is 4.19. The van der Waals surface area contributed by atoms with E-state index in [1.54, 1.807) is 12.2 Å². The lowest BCUT2D eigenvalue weighted by atomic mass is 10.00. The van der Waals surface area contributed by atoms with Crippen molar-refractivity contribution in [2.45, 2.75) is 6.54 Å². The van der Waals surface area contributed by atoms with Crippen molar-refractivity contribution in [1.29, 1.82) is 0 Å². The Labute approximate surface area is 212 Å². The van der Waals surface area contributed by atoms with Crippen LogP contribution in [0.2, 0.25) is 10.0 Å². The average molecular weight is 497 g/mol. The second kappa shape index (κ2) is 12.2. The van der Waals surface area contributed by atoms with Crippen LogP contribution >= 0.6 is 23.2 Å². The van der Waals surface area contributed by atoms with Gasteiger partial charge in [-0.25, -0.2) is 0 Å². The summed E-state index contributed by atoms with van der Waals surface area (Å²) in [5.41, 5.74) is 4.07. The Balaban J connectivity index is 1.97. The molecule has 0 atom stereocenters. The molecule has 0 saturated carbocycles. The smallest absolute Gasteiger partial charge is 0.186 e. The van der Waals surface area contributed by atoms with Crippen LogP contribution in [-0.2, 0) is 6.54 Å². The first-order valence-electron chi connectivity index (χ1n) is 11.1. The van der Waals surface area contributed by atoms with Crippen LogP contribution in [0.5, 0.6) is 5.75 Å². The van der Waals surface area contributed by atoms with Gasteiger partial charge in [-0.2, -0.15) is 0 Å². The molecule has 0 fully saturated rings. The Bertz CT molecular complexity index is 1150. The first-order chi connectivity index (χ1) is 16.3. The van der Waals surface area contributed by atoms with Gasteiger partial charge in [0.15, 0.2) is 5.78 Å². The van der Waals surface area contributed by atoms with E-state index in [9.17, 15) is 4.79 Å². The van der Waals surface area contributed by atoms with Gasteiger partial charge >= 0.3 is 0 Å². The van der Waals surface area contributed by atoms with Gasteiger partial charge in [-0.05, 0) is 75.7 Å². The van der Waals surface area contributed by atoms with E-state index in [0.717, 1.165) is 28.8 Å². The molecule has 0 radical (unpaired) electrons. The maximum absolute atomic E-state index is 13.1. The van der Waals surface area contributed by atoms with Gasteiger partial charge in [0.25, 0.3) is 0 Å². The topological polar surface area (TPSA) is 32.8 Å². The Kier molecular flexibility index (Phi) is 9.31. The molecule has 3 aromatic carbocycles. The summed E-state index contributed by atoms with van der Waals surface area (Å²) >= 11 is 12.9. The number of rotatable bonds is 10. The van der Waals surface area contributed by atoms with Gasteiger partial charge < -0.3 is 14.5 Å². The number of likely N-dealkylation sites (N-methyl/N-ethyl adjacent to an activating group) is 1. The van der Waals surface area contributed by atoms with Crippen molar-refractivity contribution in [1.82, 2.24) is 9.80 Å². The zero-order valence-corrected chi connectivity index (χ0v) is 21.5. The zero-order chi connectivity index (χ0) is 24.7. The van der Waals surface area contributed by atoms with Gasteiger partial charge in [-0.1, -0.05) is 59.6 Å². The number of ketones is 1. The summed E-state index contributed by atoms with van der Waals surface area (Å²) in [5.74, 6) is 0.636. The zero-order valence-electron chi connectivity index (χ0n) is 20.0. The van der Waals surface area contributed by atoms with Crippen molar-refractivity contribution in [3.63, 3.8) is 0 Å². The monoisotopic (exact) mass is 496 g/mol. The molecule has 0 aliphatic carbocycles. The third-order valence-corrected chi connectivity index (χ3v) is 5.87. The van der Waals surface area contributed by atoms with Crippen LogP contribution in [0.25, 0.3) is 17.2 Å². The molecule has 3 aromatic rings.